The van der Waals surface area contributed by atoms with Gasteiger partial charge in [0.15, 0.2) is 0 Å². The minimum Gasteiger partial charge on any atom is -0.325 e. The first-order valence-corrected chi connectivity index (χ1v) is 5.15. The zero-order valence-electron chi connectivity index (χ0n) is 8.94. The Labute approximate surface area is 101 Å². The first kappa shape index (κ1) is 13.8. The molecular formula is C10H10ClF3N2O. The van der Waals surface area contributed by atoms with E-state index in [2.05, 4.69) is 10.3 Å². The van der Waals surface area contributed by atoms with E-state index in [0.717, 1.165) is 0 Å². The highest BCUT2D eigenvalue weighted by atomic mass is 35.5. The summed E-state index contributed by atoms with van der Waals surface area (Å²) in [7, 11) is 0. The van der Waals surface area contributed by atoms with Gasteiger partial charge in [-0.2, -0.15) is 13.2 Å². The van der Waals surface area contributed by atoms with E-state index >= 15 is 0 Å². The fourth-order valence-electron chi connectivity index (χ4n) is 1.11. The molecule has 0 fully saturated rings. The smallest absolute Gasteiger partial charge is 0.325 e. The number of hydrogen-bond donors (Lipinski definition) is 1. The number of nitrogens with one attached hydrogen (secondary N) is 1. The minimum absolute atomic E-state index is 0.229. The van der Waals surface area contributed by atoms with E-state index in [-0.39, 0.29) is 10.7 Å². The maximum absolute atomic E-state index is 11.9. The molecular weight excluding hydrogens is 257 g/mol. The summed E-state index contributed by atoms with van der Waals surface area (Å²) < 4.78 is 35.6. The van der Waals surface area contributed by atoms with Crippen LogP contribution in [0.3, 0.4) is 0 Å². The van der Waals surface area contributed by atoms with Crippen molar-refractivity contribution in [2.24, 2.45) is 0 Å². The van der Waals surface area contributed by atoms with E-state index in [1.54, 1.807) is 6.92 Å². The number of halogens is 4. The number of aromatic nitrogens is 1. The van der Waals surface area contributed by atoms with Gasteiger partial charge >= 0.3 is 6.18 Å². The first-order chi connectivity index (χ1) is 7.79. The standard InChI is InChI=1S/C10H10ClF3N2O/c1-6-9(11)7(3-5-15-6)16-8(17)2-4-10(12,13)14/h3,5H,2,4H2,1H3,(H,15,16,17). The molecule has 0 unspecified atom stereocenters. The lowest BCUT2D eigenvalue weighted by molar-refractivity contribution is -0.142. The van der Waals surface area contributed by atoms with Gasteiger partial charge in [0.25, 0.3) is 0 Å². The molecule has 94 valence electrons. The van der Waals surface area contributed by atoms with Gasteiger partial charge in [-0.05, 0) is 13.0 Å². The fourth-order valence-corrected chi connectivity index (χ4v) is 1.27. The van der Waals surface area contributed by atoms with Crippen LogP contribution in [-0.4, -0.2) is 17.1 Å². The number of rotatable bonds is 3. The van der Waals surface area contributed by atoms with Crippen LogP contribution in [0.1, 0.15) is 18.5 Å². The van der Waals surface area contributed by atoms with Gasteiger partial charge < -0.3 is 5.32 Å². The molecule has 7 heteroatoms. The summed E-state index contributed by atoms with van der Waals surface area (Å²) in [6, 6.07) is 1.43. The Morgan fingerprint density at radius 2 is 2.18 bits per heavy atom. The van der Waals surface area contributed by atoms with Crippen LogP contribution in [0.4, 0.5) is 18.9 Å². The Kier molecular flexibility index (Phi) is 4.34. The molecule has 0 radical (unpaired) electrons. The molecule has 1 aromatic rings. The second kappa shape index (κ2) is 5.35. The third-order valence-corrected chi connectivity index (χ3v) is 2.45. The minimum atomic E-state index is -4.34. The molecule has 1 amide bonds. The van der Waals surface area contributed by atoms with Gasteiger partial charge in [0, 0.05) is 12.6 Å². The Hall–Kier alpha value is -1.30. The zero-order chi connectivity index (χ0) is 13.1. The van der Waals surface area contributed by atoms with E-state index in [1.165, 1.54) is 12.3 Å². The summed E-state index contributed by atoms with van der Waals surface area (Å²) in [5.41, 5.74) is 0.770. The number of amides is 1. The number of nitrogens with zero attached hydrogens (tertiary/aromatic N) is 1. The van der Waals surface area contributed by atoms with Crippen molar-refractivity contribution in [3.8, 4) is 0 Å². The number of hydrogen-bond acceptors (Lipinski definition) is 2. The van der Waals surface area contributed by atoms with Crippen molar-refractivity contribution in [3.63, 3.8) is 0 Å². The quantitative estimate of drug-likeness (QED) is 0.912. The van der Waals surface area contributed by atoms with Crippen LogP contribution in [0.5, 0.6) is 0 Å². The molecule has 0 atom stereocenters. The van der Waals surface area contributed by atoms with E-state index in [1.807, 2.05) is 0 Å². The van der Waals surface area contributed by atoms with Gasteiger partial charge in [0.05, 0.1) is 22.8 Å². The zero-order valence-corrected chi connectivity index (χ0v) is 9.69. The van der Waals surface area contributed by atoms with Gasteiger partial charge in [0.1, 0.15) is 0 Å². The Bertz CT molecular complexity index is 421. The van der Waals surface area contributed by atoms with Gasteiger partial charge in [-0.15, -0.1) is 0 Å². The lowest BCUT2D eigenvalue weighted by Crippen LogP contribution is -2.16. The van der Waals surface area contributed by atoms with Crippen molar-refractivity contribution in [1.29, 1.82) is 0 Å². The number of pyridine rings is 1. The van der Waals surface area contributed by atoms with Crippen LogP contribution in [0, 0.1) is 6.92 Å². The second-order valence-corrected chi connectivity index (χ2v) is 3.80. The van der Waals surface area contributed by atoms with Crippen molar-refractivity contribution in [2.75, 3.05) is 5.32 Å². The molecule has 0 aliphatic carbocycles. The van der Waals surface area contributed by atoms with Crippen molar-refractivity contribution in [3.05, 3.63) is 23.0 Å². The fraction of sp³-hybridized carbons (Fsp3) is 0.400. The van der Waals surface area contributed by atoms with Crippen molar-refractivity contribution < 1.29 is 18.0 Å². The number of anilines is 1. The normalized spacial score (nSPS) is 11.4. The first-order valence-electron chi connectivity index (χ1n) is 4.77. The number of carbonyl (C=O) groups excluding carboxylic acids is 1. The van der Waals surface area contributed by atoms with Crippen LogP contribution in [0.15, 0.2) is 12.3 Å². The molecule has 0 saturated carbocycles. The summed E-state index contributed by atoms with van der Waals surface area (Å²) in [5, 5.41) is 2.54. The average molecular weight is 267 g/mol. The lowest BCUT2D eigenvalue weighted by atomic mass is 10.2. The Morgan fingerprint density at radius 3 is 2.76 bits per heavy atom. The van der Waals surface area contributed by atoms with Crippen molar-refractivity contribution in [1.82, 2.24) is 4.98 Å². The van der Waals surface area contributed by atoms with Gasteiger partial charge in [-0.1, -0.05) is 11.6 Å². The van der Waals surface area contributed by atoms with Crippen LogP contribution < -0.4 is 5.32 Å². The van der Waals surface area contributed by atoms with Crippen LogP contribution in [0.25, 0.3) is 0 Å². The van der Waals surface area contributed by atoms with E-state index in [9.17, 15) is 18.0 Å². The molecule has 0 bridgehead atoms. The number of alkyl halides is 3. The summed E-state index contributed by atoms with van der Waals surface area (Å²) in [5.74, 6) is -0.727. The molecule has 0 spiro atoms. The number of carbonyl (C=O) groups is 1. The molecule has 1 heterocycles. The largest absolute Gasteiger partial charge is 0.389 e. The monoisotopic (exact) mass is 266 g/mol. The van der Waals surface area contributed by atoms with Crippen molar-refractivity contribution in [2.45, 2.75) is 25.9 Å². The Balaban J connectivity index is 2.60. The van der Waals surface area contributed by atoms with E-state index in [0.29, 0.717) is 5.69 Å². The lowest BCUT2D eigenvalue weighted by Gasteiger charge is -2.09. The predicted octanol–water partition coefficient (Wildman–Crippen LogP) is 3.32. The molecule has 1 N–H and O–H groups in total. The molecule has 0 aliphatic heterocycles. The third kappa shape index (κ3) is 4.60. The topological polar surface area (TPSA) is 42.0 Å². The SMILES string of the molecule is Cc1nccc(NC(=O)CCC(F)(F)F)c1Cl. The molecule has 17 heavy (non-hydrogen) atoms. The highest BCUT2D eigenvalue weighted by Crippen LogP contribution is 2.25. The van der Waals surface area contributed by atoms with E-state index < -0.39 is 24.9 Å². The maximum atomic E-state index is 11.9. The average Bonchev–Trinajstić information content (AvgIpc) is 2.21. The Morgan fingerprint density at radius 1 is 1.53 bits per heavy atom. The second-order valence-electron chi connectivity index (χ2n) is 3.42. The van der Waals surface area contributed by atoms with Crippen molar-refractivity contribution >= 4 is 23.2 Å². The van der Waals surface area contributed by atoms with Crippen LogP contribution in [0.2, 0.25) is 5.02 Å². The molecule has 3 nitrogen and oxygen atoms in total. The van der Waals surface area contributed by atoms with Gasteiger partial charge in [-0.25, -0.2) is 0 Å². The summed E-state index contributed by atoms with van der Waals surface area (Å²) in [4.78, 5) is 15.1. The summed E-state index contributed by atoms with van der Waals surface area (Å²) >= 11 is 5.83. The van der Waals surface area contributed by atoms with Gasteiger partial charge in [-0.3, -0.25) is 9.78 Å². The molecule has 0 saturated heterocycles. The molecule has 1 rings (SSSR count). The summed E-state index contributed by atoms with van der Waals surface area (Å²) in [6.07, 6.45) is -4.70. The highest BCUT2D eigenvalue weighted by Gasteiger charge is 2.27. The maximum Gasteiger partial charge on any atom is 0.389 e. The summed E-state index contributed by atoms with van der Waals surface area (Å²) in [6.45, 7) is 1.63. The molecule has 0 aliphatic rings. The van der Waals surface area contributed by atoms with Gasteiger partial charge in [0.2, 0.25) is 5.91 Å². The van der Waals surface area contributed by atoms with Crippen LogP contribution >= 0.6 is 11.6 Å². The van der Waals surface area contributed by atoms with Crippen LogP contribution in [-0.2, 0) is 4.79 Å². The predicted molar refractivity (Wildman–Crippen MR) is 57.9 cm³/mol. The third-order valence-electron chi connectivity index (χ3n) is 1.97. The molecule has 0 aromatic carbocycles. The number of aryl methyl sites for hydroxylation is 1. The molecule has 1 aromatic heterocycles. The highest BCUT2D eigenvalue weighted by molar-refractivity contribution is 6.34. The van der Waals surface area contributed by atoms with E-state index in [4.69, 9.17) is 11.6 Å².